The second-order valence-corrected chi connectivity index (χ2v) is 4.63. The van der Waals surface area contributed by atoms with Crippen molar-refractivity contribution in [3.05, 3.63) is 29.8 Å². The van der Waals surface area contributed by atoms with E-state index in [0.29, 0.717) is 24.2 Å². The number of ketones is 2. The highest BCUT2D eigenvalue weighted by atomic mass is 16.5. The molecule has 0 spiro atoms. The molecule has 0 radical (unpaired) electrons. The molecule has 5 nitrogen and oxygen atoms in total. The molecule has 0 aliphatic rings. The van der Waals surface area contributed by atoms with Crippen LogP contribution in [-0.2, 0) is 14.3 Å². The number of ether oxygens (including phenoxy) is 2. The van der Waals surface area contributed by atoms with Gasteiger partial charge in [0.25, 0.3) is 0 Å². The molecule has 5 heteroatoms. The predicted molar refractivity (Wildman–Crippen MR) is 77.4 cm³/mol. The van der Waals surface area contributed by atoms with Gasteiger partial charge in [-0.05, 0) is 30.7 Å². The Morgan fingerprint density at radius 1 is 1.00 bits per heavy atom. The molecular formula is C16H20O5. The highest BCUT2D eigenvalue weighted by molar-refractivity contribution is 5.98. The van der Waals surface area contributed by atoms with Gasteiger partial charge in [-0.25, -0.2) is 0 Å². The van der Waals surface area contributed by atoms with Crippen LogP contribution in [0, 0.1) is 0 Å². The Bertz CT molecular complexity index is 490. The molecule has 0 saturated carbocycles. The molecule has 0 aliphatic carbocycles. The van der Waals surface area contributed by atoms with E-state index < -0.39 is 0 Å². The molecular weight excluding hydrogens is 272 g/mol. The lowest BCUT2D eigenvalue weighted by Gasteiger charge is -2.04. The highest BCUT2D eigenvalue weighted by Crippen LogP contribution is 2.13. The Morgan fingerprint density at radius 3 is 2.24 bits per heavy atom. The fraction of sp³-hybridized carbons (Fsp3) is 0.438. The summed E-state index contributed by atoms with van der Waals surface area (Å²) in [6.07, 6.45) is 1.22. The van der Waals surface area contributed by atoms with Crippen LogP contribution in [0.5, 0.6) is 5.75 Å². The Labute approximate surface area is 124 Å². The molecule has 0 amide bonds. The summed E-state index contributed by atoms with van der Waals surface area (Å²) >= 11 is 0. The van der Waals surface area contributed by atoms with Gasteiger partial charge in [0, 0.05) is 31.7 Å². The number of Topliss-reactive ketones (excluding diaryl/α,β-unsaturated/α-hetero) is 2. The summed E-state index contributed by atoms with van der Waals surface area (Å²) in [7, 11) is 1.56. The zero-order chi connectivity index (χ0) is 15.7. The van der Waals surface area contributed by atoms with Gasteiger partial charge < -0.3 is 9.47 Å². The van der Waals surface area contributed by atoms with Gasteiger partial charge >= 0.3 is 5.97 Å². The van der Waals surface area contributed by atoms with Crippen molar-refractivity contribution in [2.75, 3.05) is 13.7 Å². The Hall–Kier alpha value is -2.17. The van der Waals surface area contributed by atoms with Gasteiger partial charge in [0.1, 0.15) is 11.5 Å². The van der Waals surface area contributed by atoms with E-state index in [9.17, 15) is 14.4 Å². The summed E-state index contributed by atoms with van der Waals surface area (Å²) in [5.41, 5.74) is 0.573. The number of hydrogen-bond donors (Lipinski definition) is 0. The Kier molecular flexibility index (Phi) is 7.15. The zero-order valence-corrected chi connectivity index (χ0v) is 12.4. The molecule has 0 atom stereocenters. The van der Waals surface area contributed by atoms with Crippen molar-refractivity contribution >= 4 is 17.5 Å². The first-order chi connectivity index (χ1) is 10.0. The van der Waals surface area contributed by atoms with Crippen LogP contribution in [0.25, 0.3) is 0 Å². The quantitative estimate of drug-likeness (QED) is 0.397. The molecule has 1 rings (SSSR count). The molecule has 0 N–H and O–H groups in total. The SMILES string of the molecule is COc1ccc(C(=O)CCC(=O)CCCOC(C)=O)cc1. The topological polar surface area (TPSA) is 69.7 Å². The summed E-state index contributed by atoms with van der Waals surface area (Å²) in [5, 5.41) is 0. The third kappa shape index (κ3) is 6.70. The van der Waals surface area contributed by atoms with Crippen LogP contribution in [0.15, 0.2) is 24.3 Å². The van der Waals surface area contributed by atoms with E-state index >= 15 is 0 Å². The normalized spacial score (nSPS) is 10.0. The molecule has 0 aliphatic heterocycles. The molecule has 1 aromatic rings. The Balaban J connectivity index is 2.28. The summed E-state index contributed by atoms with van der Waals surface area (Å²) < 4.78 is 9.76. The lowest BCUT2D eigenvalue weighted by molar-refractivity contribution is -0.141. The minimum Gasteiger partial charge on any atom is -0.497 e. The van der Waals surface area contributed by atoms with E-state index in [-0.39, 0.29) is 37.0 Å². The number of methoxy groups -OCH3 is 1. The van der Waals surface area contributed by atoms with Crippen LogP contribution < -0.4 is 4.74 Å². The van der Waals surface area contributed by atoms with Crippen LogP contribution in [0.4, 0.5) is 0 Å². The average Bonchev–Trinajstić information content (AvgIpc) is 2.49. The largest absolute Gasteiger partial charge is 0.497 e. The fourth-order valence-electron chi connectivity index (χ4n) is 1.78. The standard InChI is InChI=1S/C16H20O5/c1-12(17)21-11-3-4-14(18)7-10-16(19)13-5-8-15(20-2)9-6-13/h5-6,8-9H,3-4,7,10-11H2,1-2H3. The van der Waals surface area contributed by atoms with Crippen molar-refractivity contribution in [1.29, 1.82) is 0 Å². The monoisotopic (exact) mass is 292 g/mol. The third-order valence-corrected chi connectivity index (χ3v) is 2.95. The van der Waals surface area contributed by atoms with E-state index in [1.807, 2.05) is 0 Å². The van der Waals surface area contributed by atoms with Crippen molar-refractivity contribution in [3.8, 4) is 5.75 Å². The number of benzene rings is 1. The maximum Gasteiger partial charge on any atom is 0.302 e. The minimum absolute atomic E-state index is 0.00372. The van der Waals surface area contributed by atoms with Gasteiger partial charge in [-0.15, -0.1) is 0 Å². The van der Waals surface area contributed by atoms with E-state index in [1.54, 1.807) is 31.4 Å². The van der Waals surface area contributed by atoms with Crippen LogP contribution >= 0.6 is 0 Å². The lowest BCUT2D eigenvalue weighted by Crippen LogP contribution is -2.07. The summed E-state index contributed by atoms with van der Waals surface area (Å²) in [4.78, 5) is 34.1. The lowest BCUT2D eigenvalue weighted by atomic mass is 10.0. The maximum absolute atomic E-state index is 11.9. The number of rotatable bonds is 9. The first-order valence-corrected chi connectivity index (χ1v) is 6.85. The van der Waals surface area contributed by atoms with Gasteiger partial charge in [-0.3, -0.25) is 14.4 Å². The second kappa shape index (κ2) is 8.89. The molecule has 21 heavy (non-hydrogen) atoms. The van der Waals surface area contributed by atoms with Crippen molar-refractivity contribution in [2.45, 2.75) is 32.6 Å². The second-order valence-electron chi connectivity index (χ2n) is 4.63. The summed E-state index contributed by atoms with van der Waals surface area (Å²) in [5.74, 6) is 0.278. The molecule has 0 heterocycles. The van der Waals surface area contributed by atoms with Gasteiger partial charge in [-0.2, -0.15) is 0 Å². The van der Waals surface area contributed by atoms with Crippen molar-refractivity contribution in [3.63, 3.8) is 0 Å². The molecule has 0 fully saturated rings. The average molecular weight is 292 g/mol. The van der Waals surface area contributed by atoms with Crippen LogP contribution in [0.2, 0.25) is 0 Å². The van der Waals surface area contributed by atoms with Gasteiger partial charge in [-0.1, -0.05) is 0 Å². The van der Waals surface area contributed by atoms with Crippen LogP contribution in [-0.4, -0.2) is 31.3 Å². The fourth-order valence-corrected chi connectivity index (χ4v) is 1.78. The zero-order valence-electron chi connectivity index (χ0n) is 12.4. The Morgan fingerprint density at radius 2 is 1.67 bits per heavy atom. The highest BCUT2D eigenvalue weighted by Gasteiger charge is 2.09. The molecule has 0 aromatic heterocycles. The van der Waals surface area contributed by atoms with E-state index in [4.69, 9.17) is 9.47 Å². The summed E-state index contributed by atoms with van der Waals surface area (Å²) in [6, 6.07) is 6.81. The van der Waals surface area contributed by atoms with E-state index in [2.05, 4.69) is 0 Å². The molecule has 1 aromatic carbocycles. The smallest absolute Gasteiger partial charge is 0.302 e. The number of hydrogen-bond acceptors (Lipinski definition) is 5. The van der Waals surface area contributed by atoms with Crippen molar-refractivity contribution in [1.82, 2.24) is 0 Å². The predicted octanol–water partition coefficient (Wildman–Crippen LogP) is 2.57. The van der Waals surface area contributed by atoms with Gasteiger partial charge in [0.2, 0.25) is 0 Å². The van der Waals surface area contributed by atoms with Crippen LogP contribution in [0.3, 0.4) is 0 Å². The third-order valence-electron chi connectivity index (χ3n) is 2.95. The molecule has 0 saturated heterocycles. The van der Waals surface area contributed by atoms with Crippen molar-refractivity contribution in [2.24, 2.45) is 0 Å². The van der Waals surface area contributed by atoms with Crippen LogP contribution in [0.1, 0.15) is 43.0 Å². The van der Waals surface area contributed by atoms with Gasteiger partial charge in [0.05, 0.1) is 13.7 Å². The number of esters is 1. The molecule has 0 unspecified atom stereocenters. The number of carbonyl (C=O) groups is 3. The van der Waals surface area contributed by atoms with Gasteiger partial charge in [0.15, 0.2) is 5.78 Å². The maximum atomic E-state index is 11.9. The first kappa shape index (κ1) is 16.9. The van der Waals surface area contributed by atoms with E-state index in [1.165, 1.54) is 6.92 Å². The molecule has 114 valence electrons. The van der Waals surface area contributed by atoms with E-state index in [0.717, 1.165) is 0 Å². The number of carbonyl (C=O) groups excluding carboxylic acids is 3. The molecule has 0 bridgehead atoms. The first-order valence-electron chi connectivity index (χ1n) is 6.85. The summed E-state index contributed by atoms with van der Waals surface area (Å²) in [6.45, 7) is 1.57. The minimum atomic E-state index is -0.350. The van der Waals surface area contributed by atoms with Crippen molar-refractivity contribution < 1.29 is 23.9 Å².